The van der Waals surface area contributed by atoms with Gasteiger partial charge in [0.25, 0.3) is 0 Å². The zero-order valence-electron chi connectivity index (χ0n) is 8.51. The second-order valence-electron chi connectivity index (χ2n) is 3.45. The molecule has 0 atom stereocenters. The second kappa shape index (κ2) is 3.45. The number of halogens is 1. The third-order valence-corrected chi connectivity index (χ3v) is 2.97. The molecule has 5 heteroatoms. The van der Waals surface area contributed by atoms with Crippen molar-refractivity contribution in [3.63, 3.8) is 0 Å². The maximum atomic E-state index is 5.67. The monoisotopic (exact) mass is 277 g/mol. The number of hydrogen-bond donors (Lipinski definition) is 0. The lowest BCUT2D eigenvalue weighted by molar-refractivity contribution is 0.606. The van der Waals surface area contributed by atoms with E-state index in [9.17, 15) is 0 Å². The quantitative estimate of drug-likeness (QED) is 0.687. The summed E-state index contributed by atoms with van der Waals surface area (Å²) in [6, 6.07) is 7.69. The molecule has 0 aliphatic carbocycles. The third kappa shape index (κ3) is 1.36. The van der Waals surface area contributed by atoms with Crippen LogP contribution in [-0.4, -0.2) is 14.8 Å². The van der Waals surface area contributed by atoms with Crippen molar-refractivity contribution in [2.75, 3.05) is 0 Å². The van der Waals surface area contributed by atoms with Crippen molar-refractivity contribution in [1.82, 2.24) is 14.8 Å². The van der Waals surface area contributed by atoms with E-state index in [2.05, 4.69) is 26.0 Å². The van der Waals surface area contributed by atoms with Gasteiger partial charge in [0.15, 0.2) is 5.58 Å². The summed E-state index contributed by atoms with van der Waals surface area (Å²) >= 11 is 3.43. The number of aromatic nitrogens is 3. The van der Waals surface area contributed by atoms with Crippen LogP contribution >= 0.6 is 15.9 Å². The summed E-state index contributed by atoms with van der Waals surface area (Å²) in [6.45, 7) is 0. The van der Waals surface area contributed by atoms with Crippen LogP contribution in [0.4, 0.5) is 0 Å². The summed E-state index contributed by atoms with van der Waals surface area (Å²) < 4.78 is 8.28. The molecule has 0 saturated carbocycles. The average Bonchev–Trinajstić information content (AvgIpc) is 2.82. The fraction of sp³-hybridized carbons (Fsp3) is 0.0909. The van der Waals surface area contributed by atoms with Crippen LogP contribution in [0.5, 0.6) is 0 Å². The molecule has 16 heavy (non-hydrogen) atoms. The highest BCUT2D eigenvalue weighted by atomic mass is 79.9. The van der Waals surface area contributed by atoms with Gasteiger partial charge in [0.05, 0.1) is 10.7 Å². The highest BCUT2D eigenvalue weighted by molar-refractivity contribution is 9.10. The van der Waals surface area contributed by atoms with Gasteiger partial charge in [-0.1, -0.05) is 12.1 Å². The predicted octanol–water partition coefficient (Wildman–Crippen LogP) is 2.99. The molecule has 0 unspecified atom stereocenters. The Balaban J connectivity index is 2.27. The van der Waals surface area contributed by atoms with E-state index in [1.807, 2.05) is 31.3 Å². The maximum Gasteiger partial charge on any atom is 0.247 e. The Morgan fingerprint density at radius 2 is 2.12 bits per heavy atom. The van der Waals surface area contributed by atoms with Gasteiger partial charge in [-0.3, -0.25) is 4.68 Å². The Bertz CT molecular complexity index is 604. The van der Waals surface area contributed by atoms with E-state index in [4.69, 9.17) is 4.42 Å². The van der Waals surface area contributed by atoms with Gasteiger partial charge >= 0.3 is 0 Å². The Labute approximate surface area is 100 Å². The van der Waals surface area contributed by atoms with Gasteiger partial charge in [0.2, 0.25) is 5.89 Å². The molecule has 2 heterocycles. The van der Waals surface area contributed by atoms with Crippen LogP contribution in [0.1, 0.15) is 0 Å². The molecule has 3 rings (SSSR count). The molecule has 0 bridgehead atoms. The second-order valence-corrected chi connectivity index (χ2v) is 4.31. The summed E-state index contributed by atoms with van der Waals surface area (Å²) in [6.07, 6.45) is 1.73. The molecular weight excluding hydrogens is 270 g/mol. The lowest BCUT2D eigenvalue weighted by atomic mass is 10.3. The summed E-state index contributed by atoms with van der Waals surface area (Å²) in [5, 5.41) is 4.13. The summed E-state index contributed by atoms with van der Waals surface area (Å²) in [5.74, 6) is 0.577. The zero-order valence-corrected chi connectivity index (χ0v) is 10.1. The van der Waals surface area contributed by atoms with Crippen LogP contribution in [-0.2, 0) is 7.05 Å². The van der Waals surface area contributed by atoms with E-state index in [0.717, 1.165) is 21.3 Å². The molecule has 3 aromatic rings. The van der Waals surface area contributed by atoms with E-state index in [-0.39, 0.29) is 0 Å². The number of para-hydroxylation sites is 2. The molecule has 4 nitrogen and oxygen atoms in total. The smallest absolute Gasteiger partial charge is 0.247 e. The summed E-state index contributed by atoms with van der Waals surface area (Å²) in [5.41, 5.74) is 2.48. The molecular formula is C11H8BrN3O. The maximum absolute atomic E-state index is 5.67. The average molecular weight is 278 g/mol. The normalized spacial score (nSPS) is 11.1. The SMILES string of the molecule is Cn1ncc(Br)c1-c1nc2ccccc2o1. The van der Waals surface area contributed by atoms with E-state index in [0.29, 0.717) is 5.89 Å². The first-order chi connectivity index (χ1) is 7.75. The number of aryl methyl sites for hydroxylation is 1. The van der Waals surface area contributed by atoms with Crippen LogP contribution < -0.4 is 0 Å². The van der Waals surface area contributed by atoms with Crippen molar-refractivity contribution >= 4 is 27.0 Å². The van der Waals surface area contributed by atoms with Gasteiger partial charge in [0, 0.05) is 7.05 Å². The molecule has 0 saturated heterocycles. The predicted molar refractivity (Wildman–Crippen MR) is 63.9 cm³/mol. The van der Waals surface area contributed by atoms with Crippen molar-refractivity contribution in [2.24, 2.45) is 7.05 Å². The third-order valence-electron chi connectivity index (χ3n) is 2.39. The van der Waals surface area contributed by atoms with E-state index < -0.39 is 0 Å². The van der Waals surface area contributed by atoms with Gasteiger partial charge in [-0.2, -0.15) is 5.10 Å². The molecule has 0 N–H and O–H groups in total. The Hall–Kier alpha value is -1.62. The van der Waals surface area contributed by atoms with Gasteiger partial charge in [0.1, 0.15) is 11.2 Å². The standard InChI is InChI=1S/C11H8BrN3O/c1-15-10(7(12)6-13-15)11-14-8-4-2-3-5-9(8)16-11/h2-6H,1H3. The molecule has 0 amide bonds. The number of rotatable bonds is 1. The Morgan fingerprint density at radius 3 is 2.81 bits per heavy atom. The van der Waals surface area contributed by atoms with Crippen molar-refractivity contribution in [1.29, 1.82) is 0 Å². The van der Waals surface area contributed by atoms with Crippen molar-refractivity contribution in [3.8, 4) is 11.6 Å². The minimum Gasteiger partial charge on any atom is -0.435 e. The first kappa shape index (κ1) is 9.59. The van der Waals surface area contributed by atoms with Gasteiger partial charge in [-0.15, -0.1) is 0 Å². The number of hydrogen-bond acceptors (Lipinski definition) is 3. The van der Waals surface area contributed by atoms with E-state index in [1.165, 1.54) is 0 Å². The van der Waals surface area contributed by atoms with E-state index >= 15 is 0 Å². The molecule has 0 radical (unpaired) electrons. The highest BCUT2D eigenvalue weighted by Gasteiger charge is 2.15. The van der Waals surface area contributed by atoms with Crippen LogP contribution in [0.3, 0.4) is 0 Å². The van der Waals surface area contributed by atoms with Gasteiger partial charge in [-0.25, -0.2) is 4.98 Å². The van der Waals surface area contributed by atoms with Crippen LogP contribution in [0.2, 0.25) is 0 Å². The molecule has 80 valence electrons. The number of fused-ring (bicyclic) bond motifs is 1. The molecule has 0 aliphatic heterocycles. The minimum atomic E-state index is 0.577. The molecule has 0 spiro atoms. The summed E-state index contributed by atoms with van der Waals surface area (Å²) in [7, 11) is 1.86. The lowest BCUT2D eigenvalue weighted by Crippen LogP contribution is -1.93. The zero-order chi connectivity index (χ0) is 11.1. The fourth-order valence-electron chi connectivity index (χ4n) is 1.62. The highest BCUT2D eigenvalue weighted by Crippen LogP contribution is 2.29. The first-order valence-corrected chi connectivity index (χ1v) is 5.58. The van der Waals surface area contributed by atoms with Crippen LogP contribution in [0, 0.1) is 0 Å². The van der Waals surface area contributed by atoms with Gasteiger partial charge in [-0.05, 0) is 28.1 Å². The minimum absolute atomic E-state index is 0.577. The molecule has 1 aromatic carbocycles. The number of oxazole rings is 1. The molecule has 0 aliphatic rings. The number of benzene rings is 1. The Kier molecular flexibility index (Phi) is 2.07. The first-order valence-electron chi connectivity index (χ1n) is 4.79. The number of nitrogens with zero attached hydrogens (tertiary/aromatic N) is 3. The lowest BCUT2D eigenvalue weighted by Gasteiger charge is -1.95. The summed E-state index contributed by atoms with van der Waals surface area (Å²) in [4.78, 5) is 4.42. The van der Waals surface area contributed by atoms with Crippen LogP contribution in [0.15, 0.2) is 39.4 Å². The molecule has 2 aromatic heterocycles. The molecule has 0 fully saturated rings. The topological polar surface area (TPSA) is 43.9 Å². The van der Waals surface area contributed by atoms with Crippen molar-refractivity contribution in [3.05, 3.63) is 34.9 Å². The van der Waals surface area contributed by atoms with Gasteiger partial charge < -0.3 is 4.42 Å². The van der Waals surface area contributed by atoms with Crippen molar-refractivity contribution in [2.45, 2.75) is 0 Å². The fourth-order valence-corrected chi connectivity index (χ4v) is 2.14. The van der Waals surface area contributed by atoms with Crippen molar-refractivity contribution < 1.29 is 4.42 Å². The van der Waals surface area contributed by atoms with Crippen LogP contribution in [0.25, 0.3) is 22.7 Å². The van der Waals surface area contributed by atoms with E-state index in [1.54, 1.807) is 10.9 Å². The Morgan fingerprint density at radius 1 is 1.31 bits per heavy atom. The largest absolute Gasteiger partial charge is 0.435 e.